The zero-order chi connectivity index (χ0) is 10.8. The van der Waals surface area contributed by atoms with Gasteiger partial charge in [0, 0.05) is 22.2 Å². The molecule has 0 spiro atoms. The minimum atomic E-state index is 0.325. The quantitative estimate of drug-likeness (QED) is 0.557. The van der Waals surface area contributed by atoms with E-state index in [-0.39, 0.29) is 0 Å². The molecule has 0 N–H and O–H groups in total. The second-order valence-corrected chi connectivity index (χ2v) is 5.35. The largest absolute Gasteiger partial charge is 0.294 e. The first-order valence-corrected chi connectivity index (χ1v) is 6.29. The Morgan fingerprint density at radius 1 is 1.40 bits per heavy atom. The van der Waals surface area contributed by atoms with Crippen molar-refractivity contribution >= 4 is 17.1 Å². The van der Waals surface area contributed by atoms with Crippen LogP contribution in [0.15, 0.2) is 17.5 Å². The summed E-state index contributed by atoms with van der Waals surface area (Å²) in [5.41, 5.74) is 2.13. The number of rotatable bonds is 3. The third-order valence-electron chi connectivity index (χ3n) is 3.17. The molecule has 0 aliphatic heterocycles. The fourth-order valence-electron chi connectivity index (χ4n) is 2.00. The van der Waals surface area contributed by atoms with Gasteiger partial charge in [0.25, 0.3) is 0 Å². The highest BCUT2D eigenvalue weighted by atomic mass is 32.1. The summed E-state index contributed by atoms with van der Waals surface area (Å²) in [6.07, 6.45) is 7.24. The normalized spacial score (nSPS) is 16.1. The van der Waals surface area contributed by atoms with Crippen LogP contribution in [0.4, 0.5) is 0 Å². The minimum absolute atomic E-state index is 0.325. The number of hydrogen-bond acceptors (Lipinski definition) is 2. The van der Waals surface area contributed by atoms with Crippen LogP contribution in [-0.2, 0) is 0 Å². The summed E-state index contributed by atoms with van der Waals surface area (Å²) in [6.45, 7) is 4.12. The van der Waals surface area contributed by atoms with E-state index < -0.39 is 0 Å². The number of thiophene rings is 1. The number of ketones is 1. The van der Waals surface area contributed by atoms with E-state index >= 15 is 0 Å². The topological polar surface area (TPSA) is 17.1 Å². The molecule has 2 rings (SSSR count). The van der Waals surface area contributed by atoms with Gasteiger partial charge in [-0.25, -0.2) is 0 Å². The lowest BCUT2D eigenvalue weighted by atomic mass is 9.96. The molecule has 0 saturated carbocycles. The van der Waals surface area contributed by atoms with Gasteiger partial charge in [0.05, 0.1) is 0 Å². The molecule has 2 heteroatoms. The summed E-state index contributed by atoms with van der Waals surface area (Å²) in [4.78, 5) is 13.3. The van der Waals surface area contributed by atoms with E-state index in [0.717, 1.165) is 18.4 Å². The molecule has 0 atom stereocenters. The van der Waals surface area contributed by atoms with Crippen molar-refractivity contribution < 1.29 is 4.79 Å². The Balaban J connectivity index is 2.04. The van der Waals surface area contributed by atoms with Crippen molar-refractivity contribution in [3.05, 3.63) is 33.5 Å². The lowest BCUT2D eigenvalue weighted by Gasteiger charge is -2.07. The van der Waals surface area contributed by atoms with Crippen LogP contribution in [0.1, 0.15) is 40.1 Å². The predicted octanol–water partition coefficient (Wildman–Crippen LogP) is 3.90. The van der Waals surface area contributed by atoms with Gasteiger partial charge in [0.15, 0.2) is 5.78 Å². The first kappa shape index (κ1) is 10.6. The third kappa shape index (κ3) is 2.20. The average molecular weight is 220 g/mol. The van der Waals surface area contributed by atoms with Crippen LogP contribution in [0.3, 0.4) is 0 Å². The Hall–Kier alpha value is -0.890. The van der Waals surface area contributed by atoms with Crippen LogP contribution in [0.25, 0.3) is 0 Å². The third-order valence-corrected chi connectivity index (χ3v) is 4.18. The highest BCUT2D eigenvalue weighted by Gasteiger charge is 2.18. The molecule has 0 saturated heterocycles. The SMILES string of the molecule is Cc1scc(C(=O)CC2CC=CC2)c1C. The van der Waals surface area contributed by atoms with Crippen LogP contribution in [0, 0.1) is 19.8 Å². The van der Waals surface area contributed by atoms with Gasteiger partial charge in [-0.1, -0.05) is 12.2 Å². The van der Waals surface area contributed by atoms with Gasteiger partial charge in [-0.3, -0.25) is 4.79 Å². The lowest BCUT2D eigenvalue weighted by molar-refractivity contribution is 0.0963. The number of carbonyl (C=O) groups excluding carboxylic acids is 1. The molecule has 1 aromatic rings. The summed E-state index contributed by atoms with van der Waals surface area (Å²) < 4.78 is 0. The van der Waals surface area contributed by atoms with Gasteiger partial charge < -0.3 is 0 Å². The zero-order valence-electron chi connectivity index (χ0n) is 9.25. The number of allylic oxidation sites excluding steroid dienone is 2. The molecule has 1 aliphatic rings. The molecule has 1 nitrogen and oxygen atoms in total. The van der Waals surface area contributed by atoms with Crippen LogP contribution in [-0.4, -0.2) is 5.78 Å². The fourth-order valence-corrected chi connectivity index (χ4v) is 2.89. The van der Waals surface area contributed by atoms with Gasteiger partial charge in [0.1, 0.15) is 0 Å². The Morgan fingerprint density at radius 2 is 2.07 bits per heavy atom. The monoisotopic (exact) mass is 220 g/mol. The second kappa shape index (κ2) is 4.31. The van der Waals surface area contributed by atoms with Crippen molar-refractivity contribution in [3.63, 3.8) is 0 Å². The maximum Gasteiger partial charge on any atom is 0.164 e. The Morgan fingerprint density at radius 3 is 2.60 bits per heavy atom. The highest BCUT2D eigenvalue weighted by molar-refractivity contribution is 7.10. The van der Waals surface area contributed by atoms with E-state index in [0.29, 0.717) is 18.1 Å². The lowest BCUT2D eigenvalue weighted by Crippen LogP contribution is -2.06. The zero-order valence-corrected chi connectivity index (χ0v) is 10.1. The minimum Gasteiger partial charge on any atom is -0.294 e. The summed E-state index contributed by atoms with van der Waals surface area (Å²) in [5.74, 6) is 0.877. The van der Waals surface area contributed by atoms with Gasteiger partial charge in [-0.15, -0.1) is 11.3 Å². The molecule has 15 heavy (non-hydrogen) atoms. The summed E-state index contributed by atoms with van der Waals surface area (Å²) in [7, 11) is 0. The standard InChI is InChI=1S/C13H16OS/c1-9-10(2)15-8-12(9)13(14)7-11-5-3-4-6-11/h3-4,8,11H,5-7H2,1-2H3. The first-order chi connectivity index (χ1) is 7.18. The van der Waals surface area contributed by atoms with Gasteiger partial charge in [-0.05, 0) is 38.2 Å². The molecular formula is C13H16OS. The molecule has 0 radical (unpaired) electrons. The fraction of sp³-hybridized carbons (Fsp3) is 0.462. The molecule has 1 aromatic heterocycles. The molecular weight excluding hydrogens is 204 g/mol. The second-order valence-electron chi connectivity index (χ2n) is 4.27. The molecule has 1 heterocycles. The van der Waals surface area contributed by atoms with Crippen LogP contribution in [0.5, 0.6) is 0 Å². The van der Waals surface area contributed by atoms with E-state index in [2.05, 4.69) is 19.1 Å². The summed E-state index contributed by atoms with van der Waals surface area (Å²) in [6, 6.07) is 0. The Kier molecular flexibility index (Phi) is 3.06. The molecule has 0 fully saturated rings. The van der Waals surface area contributed by atoms with Crippen molar-refractivity contribution in [1.29, 1.82) is 0 Å². The van der Waals surface area contributed by atoms with Gasteiger partial charge in [0.2, 0.25) is 0 Å². The van der Waals surface area contributed by atoms with Crippen molar-refractivity contribution in [2.75, 3.05) is 0 Å². The van der Waals surface area contributed by atoms with E-state index in [4.69, 9.17) is 0 Å². The number of hydrogen-bond donors (Lipinski definition) is 0. The van der Waals surface area contributed by atoms with E-state index in [9.17, 15) is 4.79 Å². The van der Waals surface area contributed by atoms with Crippen LogP contribution >= 0.6 is 11.3 Å². The predicted molar refractivity (Wildman–Crippen MR) is 64.6 cm³/mol. The molecule has 80 valence electrons. The molecule has 0 aromatic carbocycles. The van der Waals surface area contributed by atoms with Gasteiger partial charge >= 0.3 is 0 Å². The van der Waals surface area contributed by atoms with Crippen LogP contribution < -0.4 is 0 Å². The first-order valence-electron chi connectivity index (χ1n) is 5.41. The van der Waals surface area contributed by atoms with Crippen LogP contribution in [0.2, 0.25) is 0 Å². The highest BCUT2D eigenvalue weighted by Crippen LogP contribution is 2.27. The van der Waals surface area contributed by atoms with Gasteiger partial charge in [-0.2, -0.15) is 0 Å². The molecule has 0 bridgehead atoms. The maximum absolute atomic E-state index is 12.0. The van der Waals surface area contributed by atoms with Crippen molar-refractivity contribution in [2.24, 2.45) is 5.92 Å². The number of Topliss-reactive ketones (excluding diaryl/α,β-unsaturated/α-hetero) is 1. The molecule has 1 aliphatic carbocycles. The van der Waals surface area contributed by atoms with Crippen molar-refractivity contribution in [2.45, 2.75) is 33.1 Å². The summed E-state index contributed by atoms with van der Waals surface area (Å²) >= 11 is 1.68. The van der Waals surface area contributed by atoms with Crippen molar-refractivity contribution in [1.82, 2.24) is 0 Å². The van der Waals surface area contributed by atoms with E-state index in [1.54, 1.807) is 11.3 Å². The maximum atomic E-state index is 12.0. The van der Waals surface area contributed by atoms with E-state index in [1.165, 1.54) is 10.4 Å². The smallest absolute Gasteiger partial charge is 0.164 e. The molecule has 0 amide bonds. The number of aryl methyl sites for hydroxylation is 1. The Bertz CT molecular complexity index is 393. The average Bonchev–Trinajstić information content (AvgIpc) is 2.79. The number of carbonyl (C=O) groups is 1. The Labute approximate surface area is 94.8 Å². The summed E-state index contributed by atoms with van der Waals surface area (Å²) in [5, 5.41) is 2.01. The van der Waals surface area contributed by atoms with Crippen molar-refractivity contribution in [3.8, 4) is 0 Å². The van der Waals surface area contributed by atoms with E-state index in [1.807, 2.05) is 12.3 Å². The molecule has 0 unspecified atom stereocenters.